The van der Waals surface area contributed by atoms with Gasteiger partial charge < -0.3 is 0 Å². The van der Waals surface area contributed by atoms with Gasteiger partial charge in [-0.15, -0.1) is 0 Å². The summed E-state index contributed by atoms with van der Waals surface area (Å²) in [4.78, 5) is 0. The van der Waals surface area contributed by atoms with Gasteiger partial charge >= 0.3 is 135 Å². The maximum atomic E-state index is 3.70. The molecule has 0 amide bonds. The Morgan fingerprint density at radius 2 is 1.15 bits per heavy atom. The molecule has 2 heteroatoms. The third-order valence-corrected chi connectivity index (χ3v) is 19.8. The van der Waals surface area contributed by atoms with E-state index >= 15 is 0 Å². The summed E-state index contributed by atoms with van der Waals surface area (Å²) in [5.74, 6) is 3.70. The van der Waals surface area contributed by atoms with E-state index in [1.54, 1.807) is 13.3 Å². The van der Waals surface area contributed by atoms with Crippen LogP contribution in [0.5, 0.6) is 0 Å². The van der Waals surface area contributed by atoms with Crippen LogP contribution in [0.25, 0.3) is 0 Å². The molecule has 0 heterocycles. The quantitative estimate of drug-likeness (QED) is 0.282. The minimum atomic E-state index is -1.95. The Kier molecular flexibility index (Phi) is 11.5. The first kappa shape index (κ1) is 20.6. The summed E-state index contributed by atoms with van der Waals surface area (Å²) in [6.45, 7) is 14.2. The zero-order valence-corrected chi connectivity index (χ0v) is 18.9. The molecule has 0 spiro atoms. The average Bonchev–Trinajstić information content (AvgIpc) is 2.38. The molecule has 0 fully saturated rings. The summed E-state index contributed by atoms with van der Waals surface area (Å²) >= 11 is -1.95. The Hall–Kier alpha value is 0.576. The van der Waals surface area contributed by atoms with Gasteiger partial charge in [0.1, 0.15) is 0 Å². The first-order valence-corrected chi connectivity index (χ1v) is 20.5. The van der Waals surface area contributed by atoms with Crippen LogP contribution >= 0.6 is 0 Å². The molecular weight excluding hydrogens is 363 g/mol. The van der Waals surface area contributed by atoms with E-state index in [-0.39, 0.29) is 0 Å². The van der Waals surface area contributed by atoms with Gasteiger partial charge in [0.2, 0.25) is 0 Å². The number of hydrogen-bond acceptors (Lipinski definition) is 0. The molecule has 0 aromatic heterocycles. The van der Waals surface area contributed by atoms with Gasteiger partial charge in [0.25, 0.3) is 0 Å². The van der Waals surface area contributed by atoms with E-state index < -0.39 is 26.5 Å². The minimum absolute atomic E-state index is 1.18. The second-order valence-electron chi connectivity index (χ2n) is 7.54. The fraction of sp³-hybridized carbons (Fsp3) is 0.889. The standard InChI is InChI=1S/C6H11Si.3C4H9.Sn/c1-5-6-7(2,3)4;3*1-3-4-2;/h1H2,2-4H3;3*1,3-4H2,2H3;. The molecule has 0 bridgehead atoms. The van der Waals surface area contributed by atoms with Crippen molar-refractivity contribution in [3.63, 3.8) is 0 Å². The van der Waals surface area contributed by atoms with Gasteiger partial charge in [0, 0.05) is 0 Å². The topological polar surface area (TPSA) is 0 Å². The average molecular weight is 401 g/mol. The molecule has 0 saturated heterocycles. The van der Waals surface area contributed by atoms with Crippen LogP contribution in [-0.2, 0) is 0 Å². The Bertz CT molecular complexity index is 271. The Morgan fingerprint density at radius 1 is 0.750 bits per heavy atom. The molecule has 0 N–H and O–H groups in total. The summed E-state index contributed by atoms with van der Waals surface area (Å²) in [6, 6.07) is 0. The van der Waals surface area contributed by atoms with Crippen LogP contribution in [0, 0.1) is 11.5 Å². The molecule has 0 saturated carbocycles. The molecule has 0 aromatic rings. The van der Waals surface area contributed by atoms with Crippen molar-refractivity contribution in [2.24, 2.45) is 0 Å². The normalized spacial score (nSPS) is 12.1. The van der Waals surface area contributed by atoms with Crippen LogP contribution in [0.15, 0.2) is 0 Å². The van der Waals surface area contributed by atoms with Gasteiger partial charge in [-0.25, -0.2) is 0 Å². The molecule has 0 aliphatic rings. The van der Waals surface area contributed by atoms with Gasteiger partial charge in [-0.3, -0.25) is 0 Å². The van der Waals surface area contributed by atoms with Crippen molar-refractivity contribution in [3.8, 4) is 11.5 Å². The molecule has 0 aromatic carbocycles. The van der Waals surface area contributed by atoms with Gasteiger partial charge in [-0.2, -0.15) is 0 Å². The van der Waals surface area contributed by atoms with E-state index in [9.17, 15) is 0 Å². The van der Waals surface area contributed by atoms with E-state index in [0.717, 1.165) is 0 Å². The Balaban J connectivity index is 4.86. The molecule has 118 valence electrons. The predicted molar refractivity (Wildman–Crippen MR) is 101 cm³/mol. The molecule has 0 atom stereocenters. The van der Waals surface area contributed by atoms with Crippen molar-refractivity contribution in [2.75, 3.05) is 0 Å². The first-order chi connectivity index (χ1) is 9.39. The first-order valence-electron chi connectivity index (χ1n) is 8.89. The van der Waals surface area contributed by atoms with Crippen LogP contribution in [-0.4, -0.2) is 26.5 Å². The predicted octanol–water partition coefficient (Wildman–Crippen LogP) is 6.72. The van der Waals surface area contributed by atoms with E-state index in [2.05, 4.69) is 51.9 Å². The van der Waals surface area contributed by atoms with Crippen molar-refractivity contribution >= 4 is 26.5 Å². The third-order valence-electron chi connectivity index (χ3n) is 4.11. The fourth-order valence-corrected chi connectivity index (χ4v) is 18.3. The fourth-order valence-electron chi connectivity index (χ4n) is 2.79. The second kappa shape index (κ2) is 11.2. The summed E-state index contributed by atoms with van der Waals surface area (Å²) < 4.78 is 6.17. The van der Waals surface area contributed by atoms with E-state index in [0.29, 0.717) is 0 Å². The van der Waals surface area contributed by atoms with Crippen LogP contribution < -0.4 is 0 Å². The molecule has 0 rings (SSSR count). The van der Waals surface area contributed by atoms with Gasteiger partial charge in [-0.1, -0.05) is 0 Å². The zero-order chi connectivity index (χ0) is 15.5. The summed E-state index contributed by atoms with van der Waals surface area (Å²) in [5, 5.41) is 0. The molecule has 0 unspecified atom stereocenters. The van der Waals surface area contributed by atoms with E-state index in [1.165, 1.54) is 43.0 Å². The van der Waals surface area contributed by atoms with Crippen LogP contribution in [0.3, 0.4) is 0 Å². The van der Waals surface area contributed by atoms with Gasteiger partial charge in [0.15, 0.2) is 0 Å². The molecule has 0 aliphatic heterocycles. The third kappa shape index (κ3) is 10.3. The summed E-state index contributed by atoms with van der Waals surface area (Å²) in [6.07, 6.45) is 8.53. The van der Waals surface area contributed by atoms with E-state index in [4.69, 9.17) is 0 Å². The molecule has 20 heavy (non-hydrogen) atoms. The zero-order valence-electron chi connectivity index (χ0n) is 15.1. The number of rotatable bonds is 10. The molecule has 0 nitrogen and oxygen atoms in total. The second-order valence-corrected chi connectivity index (χ2v) is 26.1. The van der Waals surface area contributed by atoms with Crippen LogP contribution in [0.2, 0.25) is 37.4 Å². The molecule has 0 radical (unpaired) electrons. The van der Waals surface area contributed by atoms with Crippen molar-refractivity contribution in [3.05, 3.63) is 0 Å². The Morgan fingerprint density at radius 3 is 1.45 bits per heavy atom. The molecule has 0 aliphatic carbocycles. The van der Waals surface area contributed by atoms with E-state index in [1.807, 2.05) is 0 Å². The number of unbranched alkanes of at least 4 members (excludes halogenated alkanes) is 3. The molecular formula is C18H38SiSn. The maximum absolute atomic E-state index is 3.70. The summed E-state index contributed by atoms with van der Waals surface area (Å²) in [5.41, 5.74) is 3.65. The van der Waals surface area contributed by atoms with Crippen molar-refractivity contribution in [1.29, 1.82) is 0 Å². The monoisotopic (exact) mass is 402 g/mol. The van der Waals surface area contributed by atoms with Crippen molar-refractivity contribution in [2.45, 2.75) is 96.7 Å². The summed E-state index contributed by atoms with van der Waals surface area (Å²) in [7, 11) is -1.18. The van der Waals surface area contributed by atoms with Gasteiger partial charge in [0.05, 0.1) is 0 Å². The van der Waals surface area contributed by atoms with Gasteiger partial charge in [-0.05, 0) is 0 Å². The van der Waals surface area contributed by atoms with Crippen LogP contribution in [0.1, 0.15) is 59.3 Å². The van der Waals surface area contributed by atoms with Crippen molar-refractivity contribution in [1.82, 2.24) is 0 Å². The number of hydrogen-bond donors (Lipinski definition) is 0. The Labute approximate surface area is 134 Å². The SMILES string of the molecule is CCC[CH2][Sn]([CH2]C#C[Si](C)(C)C)([CH2]CCC)[CH2]CCC. The van der Waals surface area contributed by atoms with Crippen LogP contribution in [0.4, 0.5) is 0 Å². The van der Waals surface area contributed by atoms with Crippen molar-refractivity contribution < 1.29 is 0 Å².